The van der Waals surface area contributed by atoms with Crippen molar-refractivity contribution in [1.29, 1.82) is 0 Å². The topological polar surface area (TPSA) is 38.5 Å². The van der Waals surface area contributed by atoms with Gasteiger partial charge in [-0.15, -0.1) is 0 Å². The monoisotopic (exact) mass is 234 g/mol. The zero-order valence-electron chi connectivity index (χ0n) is 10.7. The lowest BCUT2D eigenvalue weighted by atomic mass is 9.85. The van der Waals surface area contributed by atoms with Gasteiger partial charge in [-0.2, -0.15) is 0 Å². The third-order valence-corrected chi connectivity index (χ3v) is 3.77. The van der Waals surface area contributed by atoms with E-state index in [4.69, 9.17) is 10.5 Å². The van der Waals surface area contributed by atoms with Gasteiger partial charge >= 0.3 is 0 Å². The van der Waals surface area contributed by atoms with Gasteiger partial charge in [0, 0.05) is 6.04 Å². The molecule has 0 amide bonds. The summed E-state index contributed by atoms with van der Waals surface area (Å²) in [5.41, 5.74) is 7.25. The first-order valence-corrected chi connectivity index (χ1v) is 6.30. The number of nitrogens with two attached hydrogens (primary N) is 1. The number of nitrogens with zero attached hydrogens (tertiary/aromatic N) is 1. The van der Waals surface area contributed by atoms with Gasteiger partial charge < -0.3 is 10.5 Å². The van der Waals surface area contributed by atoms with Crippen molar-refractivity contribution in [3.05, 3.63) is 29.8 Å². The molecule has 1 fully saturated rings. The Morgan fingerprint density at radius 1 is 1.35 bits per heavy atom. The van der Waals surface area contributed by atoms with Crippen LogP contribution in [0.1, 0.15) is 24.4 Å². The first kappa shape index (κ1) is 12.4. The van der Waals surface area contributed by atoms with Crippen LogP contribution < -0.4 is 10.5 Å². The van der Waals surface area contributed by atoms with Crippen molar-refractivity contribution in [3.8, 4) is 5.75 Å². The largest absolute Gasteiger partial charge is 0.497 e. The molecule has 2 atom stereocenters. The number of benzene rings is 1. The lowest BCUT2D eigenvalue weighted by Gasteiger charge is -2.39. The second-order valence-corrected chi connectivity index (χ2v) is 4.84. The Kier molecular flexibility index (Phi) is 4.02. The van der Waals surface area contributed by atoms with Crippen LogP contribution in [-0.2, 0) is 0 Å². The molecule has 0 radical (unpaired) electrons. The highest BCUT2D eigenvalue weighted by atomic mass is 16.5. The molecule has 3 nitrogen and oxygen atoms in total. The van der Waals surface area contributed by atoms with Crippen LogP contribution in [-0.4, -0.2) is 32.1 Å². The molecule has 2 rings (SSSR count). The highest BCUT2D eigenvalue weighted by Crippen LogP contribution is 2.34. The smallest absolute Gasteiger partial charge is 0.118 e. The third kappa shape index (κ3) is 2.61. The number of likely N-dealkylation sites (tertiary alicyclic amines) is 1. The maximum absolute atomic E-state index is 5.90. The van der Waals surface area contributed by atoms with Crippen molar-refractivity contribution < 1.29 is 4.74 Å². The van der Waals surface area contributed by atoms with E-state index in [0.717, 1.165) is 18.8 Å². The van der Waals surface area contributed by atoms with Crippen LogP contribution in [0.4, 0.5) is 0 Å². The fourth-order valence-corrected chi connectivity index (χ4v) is 2.83. The van der Waals surface area contributed by atoms with Gasteiger partial charge in [-0.05, 0) is 56.6 Å². The second-order valence-electron chi connectivity index (χ2n) is 4.84. The quantitative estimate of drug-likeness (QED) is 0.869. The summed E-state index contributed by atoms with van der Waals surface area (Å²) in [6.45, 7) is 1.92. The zero-order chi connectivity index (χ0) is 12.3. The molecule has 1 heterocycles. The van der Waals surface area contributed by atoms with E-state index in [2.05, 4.69) is 24.1 Å². The summed E-state index contributed by atoms with van der Waals surface area (Å²) in [5.74, 6) is 1.48. The minimum Gasteiger partial charge on any atom is -0.497 e. The molecule has 1 saturated heterocycles. The molecule has 1 aromatic rings. The van der Waals surface area contributed by atoms with E-state index in [0.29, 0.717) is 12.0 Å². The first-order chi connectivity index (χ1) is 8.26. The predicted octanol–water partition coefficient (Wildman–Crippen LogP) is 2.04. The van der Waals surface area contributed by atoms with Crippen molar-refractivity contribution in [2.75, 3.05) is 27.2 Å². The SMILES string of the molecule is COc1ccc([C@@H]2[C@@H](CN)CCCN2C)cc1. The Morgan fingerprint density at radius 3 is 2.65 bits per heavy atom. The van der Waals surface area contributed by atoms with E-state index in [1.807, 2.05) is 12.1 Å². The highest BCUT2D eigenvalue weighted by molar-refractivity contribution is 5.29. The number of rotatable bonds is 3. The molecule has 1 aliphatic heterocycles. The fourth-order valence-electron chi connectivity index (χ4n) is 2.83. The molecule has 0 unspecified atom stereocenters. The second kappa shape index (κ2) is 5.52. The average molecular weight is 234 g/mol. The summed E-state index contributed by atoms with van der Waals surface area (Å²) >= 11 is 0. The van der Waals surface area contributed by atoms with Gasteiger partial charge in [-0.1, -0.05) is 12.1 Å². The molecule has 0 saturated carbocycles. The minimum absolute atomic E-state index is 0.458. The average Bonchev–Trinajstić information content (AvgIpc) is 2.38. The Morgan fingerprint density at radius 2 is 2.06 bits per heavy atom. The van der Waals surface area contributed by atoms with Crippen LogP contribution in [0.5, 0.6) is 5.75 Å². The summed E-state index contributed by atoms with van der Waals surface area (Å²) in [6.07, 6.45) is 2.49. The van der Waals surface area contributed by atoms with Gasteiger partial charge in [0.1, 0.15) is 5.75 Å². The van der Waals surface area contributed by atoms with E-state index in [1.54, 1.807) is 7.11 Å². The lowest BCUT2D eigenvalue weighted by molar-refractivity contribution is 0.125. The van der Waals surface area contributed by atoms with Crippen LogP contribution >= 0.6 is 0 Å². The molecule has 94 valence electrons. The Bertz CT molecular complexity index is 350. The molecular weight excluding hydrogens is 212 g/mol. The number of ether oxygens (including phenoxy) is 1. The Labute approximate surface area is 104 Å². The standard InChI is InChI=1S/C14H22N2O/c1-16-9-3-4-12(10-15)14(16)11-5-7-13(17-2)8-6-11/h5-8,12,14H,3-4,9-10,15H2,1-2H3/t12-,14-/m1/s1. The number of hydrogen-bond acceptors (Lipinski definition) is 3. The van der Waals surface area contributed by atoms with Gasteiger partial charge in [0.15, 0.2) is 0 Å². The molecule has 1 aromatic carbocycles. The van der Waals surface area contributed by atoms with Crippen molar-refractivity contribution >= 4 is 0 Å². The molecule has 17 heavy (non-hydrogen) atoms. The molecule has 3 heteroatoms. The van der Waals surface area contributed by atoms with Gasteiger partial charge in [0.2, 0.25) is 0 Å². The summed E-state index contributed by atoms with van der Waals surface area (Å²) in [4.78, 5) is 2.42. The lowest BCUT2D eigenvalue weighted by Crippen LogP contribution is -2.39. The molecule has 0 bridgehead atoms. The van der Waals surface area contributed by atoms with Crippen molar-refractivity contribution in [2.24, 2.45) is 11.7 Å². The van der Waals surface area contributed by atoms with E-state index in [9.17, 15) is 0 Å². The Hall–Kier alpha value is -1.06. The van der Waals surface area contributed by atoms with E-state index >= 15 is 0 Å². The van der Waals surface area contributed by atoms with Crippen LogP contribution in [0.2, 0.25) is 0 Å². The molecule has 0 aromatic heterocycles. The normalized spacial score (nSPS) is 25.8. The maximum atomic E-state index is 5.90. The summed E-state index contributed by atoms with van der Waals surface area (Å²) < 4.78 is 5.20. The van der Waals surface area contributed by atoms with Gasteiger partial charge in [-0.25, -0.2) is 0 Å². The number of piperidine rings is 1. The molecule has 0 spiro atoms. The predicted molar refractivity (Wildman–Crippen MR) is 70.1 cm³/mol. The van der Waals surface area contributed by atoms with Crippen LogP contribution in [0.25, 0.3) is 0 Å². The number of methoxy groups -OCH3 is 1. The van der Waals surface area contributed by atoms with Gasteiger partial charge in [-0.3, -0.25) is 4.90 Å². The van der Waals surface area contributed by atoms with Crippen molar-refractivity contribution in [2.45, 2.75) is 18.9 Å². The first-order valence-electron chi connectivity index (χ1n) is 6.30. The van der Waals surface area contributed by atoms with Crippen LogP contribution in [0.15, 0.2) is 24.3 Å². The van der Waals surface area contributed by atoms with E-state index in [1.165, 1.54) is 18.4 Å². The molecular formula is C14H22N2O. The minimum atomic E-state index is 0.458. The van der Waals surface area contributed by atoms with E-state index < -0.39 is 0 Å². The summed E-state index contributed by atoms with van der Waals surface area (Å²) in [7, 11) is 3.89. The summed E-state index contributed by atoms with van der Waals surface area (Å²) in [6, 6.07) is 8.85. The molecule has 1 aliphatic rings. The summed E-state index contributed by atoms with van der Waals surface area (Å²) in [5, 5.41) is 0. The molecule has 0 aliphatic carbocycles. The molecule has 2 N–H and O–H groups in total. The van der Waals surface area contributed by atoms with Crippen molar-refractivity contribution in [1.82, 2.24) is 4.90 Å². The highest BCUT2D eigenvalue weighted by Gasteiger charge is 2.29. The third-order valence-electron chi connectivity index (χ3n) is 3.77. The zero-order valence-corrected chi connectivity index (χ0v) is 10.7. The van der Waals surface area contributed by atoms with Gasteiger partial charge in [0.05, 0.1) is 7.11 Å². The van der Waals surface area contributed by atoms with Crippen molar-refractivity contribution in [3.63, 3.8) is 0 Å². The fraction of sp³-hybridized carbons (Fsp3) is 0.571. The number of hydrogen-bond donors (Lipinski definition) is 1. The van der Waals surface area contributed by atoms with Crippen LogP contribution in [0, 0.1) is 5.92 Å². The Balaban J connectivity index is 2.21. The van der Waals surface area contributed by atoms with Crippen LogP contribution in [0.3, 0.4) is 0 Å². The van der Waals surface area contributed by atoms with Gasteiger partial charge in [0.25, 0.3) is 0 Å². The van der Waals surface area contributed by atoms with E-state index in [-0.39, 0.29) is 0 Å². The maximum Gasteiger partial charge on any atom is 0.118 e.